The van der Waals surface area contributed by atoms with Gasteiger partial charge in [-0.2, -0.15) is 5.10 Å². The molecular weight excluding hydrogens is 248 g/mol. The van der Waals surface area contributed by atoms with E-state index < -0.39 is 0 Å². The highest BCUT2D eigenvalue weighted by molar-refractivity contribution is 6.08. The van der Waals surface area contributed by atoms with Crippen LogP contribution in [0.3, 0.4) is 0 Å². The molecule has 1 heterocycles. The smallest absolute Gasteiger partial charge is 0.185 e. The lowest BCUT2D eigenvalue weighted by molar-refractivity contribution is 0.104. The topological polar surface area (TPSA) is 34.9 Å². The average Bonchev–Trinajstić information content (AvgIpc) is 2.89. The Morgan fingerprint density at radius 3 is 2.65 bits per heavy atom. The first-order valence-electron chi connectivity index (χ1n) is 6.43. The summed E-state index contributed by atoms with van der Waals surface area (Å²) >= 11 is 0. The van der Waals surface area contributed by atoms with E-state index in [0.717, 1.165) is 16.5 Å². The Morgan fingerprint density at radius 1 is 1.10 bits per heavy atom. The van der Waals surface area contributed by atoms with Gasteiger partial charge in [-0.15, -0.1) is 0 Å². The molecule has 0 N–H and O–H groups in total. The van der Waals surface area contributed by atoms with Crippen LogP contribution in [-0.4, -0.2) is 15.6 Å². The minimum atomic E-state index is -0.00282. The van der Waals surface area contributed by atoms with Crippen LogP contribution in [0.2, 0.25) is 0 Å². The number of carbonyl (C=O) groups is 1. The second-order valence-corrected chi connectivity index (χ2v) is 4.64. The number of hydrogen-bond donors (Lipinski definition) is 0. The lowest BCUT2D eigenvalue weighted by Gasteiger charge is -2.00. The quantitative estimate of drug-likeness (QED) is 0.535. The van der Waals surface area contributed by atoms with Crippen LogP contribution in [0.15, 0.2) is 60.8 Å². The van der Waals surface area contributed by atoms with Gasteiger partial charge in [0.25, 0.3) is 0 Å². The largest absolute Gasteiger partial charge is 0.289 e. The number of allylic oxidation sites excluding steroid dienone is 1. The Hall–Kier alpha value is -2.68. The van der Waals surface area contributed by atoms with E-state index >= 15 is 0 Å². The zero-order valence-corrected chi connectivity index (χ0v) is 11.2. The van der Waals surface area contributed by atoms with E-state index in [0.29, 0.717) is 5.56 Å². The van der Waals surface area contributed by atoms with E-state index in [2.05, 4.69) is 5.10 Å². The van der Waals surface area contributed by atoms with Crippen molar-refractivity contribution in [2.24, 2.45) is 7.05 Å². The Labute approximate surface area is 117 Å². The van der Waals surface area contributed by atoms with Crippen molar-refractivity contribution in [1.29, 1.82) is 0 Å². The van der Waals surface area contributed by atoms with Gasteiger partial charge in [-0.05, 0) is 35.1 Å². The first kappa shape index (κ1) is 12.4. The Kier molecular flexibility index (Phi) is 3.17. The van der Waals surface area contributed by atoms with Gasteiger partial charge in [-0.3, -0.25) is 9.48 Å². The normalized spacial score (nSPS) is 11.2. The molecule has 3 heteroatoms. The third kappa shape index (κ3) is 2.38. The SMILES string of the molecule is Cn1nccc1/C=C/C(=O)c1ccc2ccccc2c1. The molecule has 0 amide bonds. The van der Waals surface area contributed by atoms with Gasteiger partial charge in [0.1, 0.15) is 0 Å². The molecule has 0 atom stereocenters. The Bertz CT molecular complexity index is 799. The van der Waals surface area contributed by atoms with Gasteiger partial charge < -0.3 is 0 Å². The minimum absolute atomic E-state index is 0.00282. The molecule has 20 heavy (non-hydrogen) atoms. The molecule has 0 aliphatic heterocycles. The van der Waals surface area contributed by atoms with Gasteiger partial charge in [0.15, 0.2) is 5.78 Å². The highest BCUT2D eigenvalue weighted by Gasteiger charge is 2.03. The number of nitrogens with zero attached hydrogens (tertiary/aromatic N) is 2. The lowest BCUT2D eigenvalue weighted by atomic mass is 10.0. The molecule has 0 aliphatic rings. The van der Waals surface area contributed by atoms with Gasteiger partial charge in [0, 0.05) is 18.8 Å². The summed E-state index contributed by atoms with van der Waals surface area (Å²) in [5.74, 6) is -0.00282. The second kappa shape index (κ2) is 5.13. The van der Waals surface area contributed by atoms with E-state index in [9.17, 15) is 4.79 Å². The van der Waals surface area contributed by atoms with Gasteiger partial charge in [0.2, 0.25) is 0 Å². The fourth-order valence-corrected chi connectivity index (χ4v) is 2.15. The van der Waals surface area contributed by atoms with E-state index in [4.69, 9.17) is 0 Å². The van der Waals surface area contributed by atoms with E-state index in [1.807, 2.05) is 55.6 Å². The van der Waals surface area contributed by atoms with Crippen LogP contribution >= 0.6 is 0 Å². The number of hydrogen-bond acceptors (Lipinski definition) is 2. The summed E-state index contributed by atoms with van der Waals surface area (Å²) in [5.41, 5.74) is 1.60. The molecule has 0 spiro atoms. The number of ketones is 1. The van der Waals surface area contributed by atoms with Crippen molar-refractivity contribution in [3.63, 3.8) is 0 Å². The third-order valence-electron chi connectivity index (χ3n) is 3.30. The van der Waals surface area contributed by atoms with Crippen LogP contribution in [0.5, 0.6) is 0 Å². The lowest BCUT2D eigenvalue weighted by Crippen LogP contribution is -1.96. The maximum Gasteiger partial charge on any atom is 0.185 e. The van der Waals surface area contributed by atoms with Crippen molar-refractivity contribution >= 4 is 22.6 Å². The van der Waals surface area contributed by atoms with E-state index in [-0.39, 0.29) is 5.78 Å². The monoisotopic (exact) mass is 262 g/mol. The van der Waals surface area contributed by atoms with Crippen molar-refractivity contribution < 1.29 is 4.79 Å². The zero-order valence-electron chi connectivity index (χ0n) is 11.2. The summed E-state index contributed by atoms with van der Waals surface area (Å²) in [6.45, 7) is 0. The summed E-state index contributed by atoms with van der Waals surface area (Å²) in [5, 5.41) is 6.28. The molecule has 0 saturated carbocycles. The molecular formula is C17H14N2O. The standard InChI is InChI=1S/C17H14N2O/c1-19-16(10-11-18-19)8-9-17(20)15-7-6-13-4-2-3-5-14(13)12-15/h2-12H,1H3/b9-8+. The molecule has 2 aromatic carbocycles. The Morgan fingerprint density at radius 2 is 1.90 bits per heavy atom. The van der Waals surface area contributed by atoms with Crippen molar-refractivity contribution in [3.8, 4) is 0 Å². The fraction of sp³-hybridized carbons (Fsp3) is 0.0588. The van der Waals surface area contributed by atoms with Crippen molar-refractivity contribution in [2.75, 3.05) is 0 Å². The number of fused-ring (bicyclic) bond motifs is 1. The predicted molar refractivity (Wildman–Crippen MR) is 80.5 cm³/mol. The first-order chi connectivity index (χ1) is 9.74. The molecule has 98 valence electrons. The molecule has 0 unspecified atom stereocenters. The molecule has 0 bridgehead atoms. The van der Waals surface area contributed by atoms with Gasteiger partial charge in [0.05, 0.1) is 5.69 Å². The first-order valence-corrected chi connectivity index (χ1v) is 6.43. The van der Waals surface area contributed by atoms with Crippen LogP contribution in [0.1, 0.15) is 16.1 Å². The average molecular weight is 262 g/mol. The van der Waals surface area contributed by atoms with Crippen molar-refractivity contribution in [1.82, 2.24) is 9.78 Å². The Balaban J connectivity index is 1.89. The van der Waals surface area contributed by atoms with Gasteiger partial charge in [-0.25, -0.2) is 0 Å². The maximum absolute atomic E-state index is 12.2. The number of aromatic nitrogens is 2. The highest BCUT2D eigenvalue weighted by atomic mass is 16.1. The summed E-state index contributed by atoms with van der Waals surface area (Å²) < 4.78 is 1.73. The van der Waals surface area contributed by atoms with Crippen LogP contribution in [0, 0.1) is 0 Å². The van der Waals surface area contributed by atoms with Crippen molar-refractivity contribution in [2.45, 2.75) is 0 Å². The molecule has 0 aliphatic carbocycles. The van der Waals surface area contributed by atoms with Crippen molar-refractivity contribution in [3.05, 3.63) is 72.1 Å². The number of benzene rings is 2. The summed E-state index contributed by atoms with van der Waals surface area (Å²) in [6, 6.07) is 15.6. The summed E-state index contributed by atoms with van der Waals surface area (Å²) in [7, 11) is 1.85. The maximum atomic E-state index is 12.2. The van der Waals surface area contributed by atoms with Crippen LogP contribution in [-0.2, 0) is 7.05 Å². The van der Waals surface area contributed by atoms with E-state index in [1.54, 1.807) is 23.0 Å². The highest BCUT2D eigenvalue weighted by Crippen LogP contribution is 2.16. The van der Waals surface area contributed by atoms with Crippen LogP contribution in [0.4, 0.5) is 0 Å². The predicted octanol–water partition coefficient (Wildman–Crippen LogP) is 3.47. The summed E-state index contributed by atoms with van der Waals surface area (Å²) in [6.07, 6.45) is 5.08. The van der Waals surface area contributed by atoms with Crippen LogP contribution < -0.4 is 0 Å². The fourth-order valence-electron chi connectivity index (χ4n) is 2.15. The molecule has 3 rings (SSSR count). The van der Waals surface area contributed by atoms with Gasteiger partial charge in [-0.1, -0.05) is 36.4 Å². The molecule has 0 radical (unpaired) electrons. The molecule has 3 nitrogen and oxygen atoms in total. The zero-order chi connectivity index (χ0) is 13.9. The minimum Gasteiger partial charge on any atom is -0.289 e. The number of rotatable bonds is 3. The third-order valence-corrected chi connectivity index (χ3v) is 3.30. The molecule has 0 saturated heterocycles. The summed E-state index contributed by atoms with van der Waals surface area (Å²) in [4.78, 5) is 12.2. The van der Waals surface area contributed by atoms with Crippen LogP contribution in [0.25, 0.3) is 16.8 Å². The molecule has 0 fully saturated rings. The molecule has 1 aromatic heterocycles. The number of carbonyl (C=O) groups excluding carboxylic acids is 1. The van der Waals surface area contributed by atoms with Gasteiger partial charge >= 0.3 is 0 Å². The van der Waals surface area contributed by atoms with E-state index in [1.165, 1.54) is 0 Å². The number of aryl methyl sites for hydroxylation is 1. The molecule has 3 aromatic rings. The second-order valence-electron chi connectivity index (χ2n) is 4.64.